The lowest BCUT2D eigenvalue weighted by molar-refractivity contribution is -0.120. The average Bonchev–Trinajstić information content (AvgIpc) is 2.27. The van der Waals surface area contributed by atoms with Gasteiger partial charge in [-0.05, 0) is 31.5 Å². The summed E-state index contributed by atoms with van der Waals surface area (Å²) in [4.78, 5) is 11.2. The van der Waals surface area contributed by atoms with Gasteiger partial charge in [-0.25, -0.2) is 0 Å². The molecule has 0 spiro atoms. The maximum absolute atomic E-state index is 11.2. The molecule has 1 aromatic carbocycles. The molecule has 0 unspecified atom stereocenters. The van der Waals surface area contributed by atoms with Crippen LogP contribution in [-0.2, 0) is 4.79 Å². The van der Waals surface area contributed by atoms with Crippen LogP contribution in [0.1, 0.15) is 25.5 Å². The summed E-state index contributed by atoms with van der Waals surface area (Å²) < 4.78 is 0. The van der Waals surface area contributed by atoms with Gasteiger partial charge in [-0.1, -0.05) is 23.7 Å². The highest BCUT2D eigenvalue weighted by Crippen LogP contribution is 2.15. The van der Waals surface area contributed by atoms with Gasteiger partial charge in [0.1, 0.15) is 0 Å². The van der Waals surface area contributed by atoms with Crippen LogP contribution in [0.15, 0.2) is 24.3 Å². The molecule has 0 aliphatic heterocycles. The van der Waals surface area contributed by atoms with Crippen molar-refractivity contribution in [3.8, 4) is 0 Å². The van der Waals surface area contributed by atoms with Gasteiger partial charge in [0.25, 0.3) is 0 Å². The van der Waals surface area contributed by atoms with Gasteiger partial charge in [0.2, 0.25) is 5.91 Å². The maximum Gasteiger partial charge on any atom is 0.233 e. The Morgan fingerprint density at radius 3 is 2.56 bits per heavy atom. The molecule has 0 aliphatic carbocycles. The molecule has 0 fully saturated rings. The Morgan fingerprint density at radius 2 is 2.00 bits per heavy atom. The van der Waals surface area contributed by atoms with Crippen molar-refractivity contribution < 1.29 is 4.79 Å². The summed E-state index contributed by atoms with van der Waals surface area (Å²) in [6.07, 6.45) is 0. The minimum absolute atomic E-state index is 0.0170. The molecule has 0 saturated carbocycles. The van der Waals surface area contributed by atoms with Crippen LogP contribution in [0.4, 0.5) is 0 Å². The van der Waals surface area contributed by atoms with Crippen LogP contribution < -0.4 is 10.6 Å². The summed E-state index contributed by atoms with van der Waals surface area (Å²) in [5.41, 5.74) is 1.12. The average molecular weight is 241 g/mol. The van der Waals surface area contributed by atoms with Crippen molar-refractivity contribution in [2.45, 2.75) is 19.9 Å². The minimum atomic E-state index is 0.0170. The van der Waals surface area contributed by atoms with Crippen LogP contribution in [-0.4, -0.2) is 19.0 Å². The van der Waals surface area contributed by atoms with Crippen molar-refractivity contribution in [3.05, 3.63) is 34.9 Å². The Kier molecular flexibility index (Phi) is 5.29. The molecule has 0 aromatic heterocycles. The zero-order valence-electron chi connectivity index (χ0n) is 9.59. The van der Waals surface area contributed by atoms with Gasteiger partial charge in [-0.15, -0.1) is 0 Å². The fraction of sp³-hybridized carbons (Fsp3) is 0.417. The van der Waals surface area contributed by atoms with E-state index in [4.69, 9.17) is 11.6 Å². The first-order chi connectivity index (χ1) is 7.63. The summed E-state index contributed by atoms with van der Waals surface area (Å²) in [6, 6.07) is 7.75. The highest BCUT2D eigenvalue weighted by molar-refractivity contribution is 6.30. The summed E-state index contributed by atoms with van der Waals surface area (Å²) >= 11 is 5.80. The summed E-state index contributed by atoms with van der Waals surface area (Å²) in [6.45, 7) is 4.91. The molecule has 16 heavy (non-hydrogen) atoms. The standard InChI is InChI=1S/C12H17ClN2O/c1-3-14-12(16)8-15-9(2)10-4-6-11(13)7-5-10/h4-7,9,15H,3,8H2,1-2H3,(H,14,16)/t9-/m0/s1. The molecule has 4 heteroatoms. The van der Waals surface area contributed by atoms with Gasteiger partial charge < -0.3 is 10.6 Å². The van der Waals surface area contributed by atoms with Crippen molar-refractivity contribution in [2.75, 3.05) is 13.1 Å². The van der Waals surface area contributed by atoms with Crippen molar-refractivity contribution in [3.63, 3.8) is 0 Å². The molecule has 88 valence electrons. The number of hydrogen-bond acceptors (Lipinski definition) is 2. The second-order valence-electron chi connectivity index (χ2n) is 3.61. The second kappa shape index (κ2) is 6.51. The normalized spacial score (nSPS) is 12.2. The van der Waals surface area contributed by atoms with E-state index < -0.39 is 0 Å². The molecule has 0 aliphatic rings. The van der Waals surface area contributed by atoms with Crippen LogP contribution in [0.5, 0.6) is 0 Å². The molecule has 1 aromatic rings. The van der Waals surface area contributed by atoms with E-state index >= 15 is 0 Å². The summed E-state index contributed by atoms with van der Waals surface area (Å²) in [7, 11) is 0. The first-order valence-electron chi connectivity index (χ1n) is 5.39. The van der Waals surface area contributed by atoms with Crippen LogP contribution in [0.25, 0.3) is 0 Å². The zero-order chi connectivity index (χ0) is 12.0. The Labute approximate surface area is 101 Å². The Balaban J connectivity index is 2.43. The number of carbonyl (C=O) groups excluding carboxylic acids is 1. The van der Waals surface area contributed by atoms with E-state index in [0.717, 1.165) is 10.6 Å². The molecule has 0 bridgehead atoms. The number of carbonyl (C=O) groups is 1. The van der Waals surface area contributed by atoms with Crippen LogP contribution in [0, 0.1) is 0 Å². The Hall–Kier alpha value is -1.06. The fourth-order valence-electron chi connectivity index (χ4n) is 1.37. The monoisotopic (exact) mass is 240 g/mol. The lowest BCUT2D eigenvalue weighted by atomic mass is 10.1. The number of likely N-dealkylation sites (N-methyl/N-ethyl adjacent to an activating group) is 1. The Morgan fingerprint density at radius 1 is 1.38 bits per heavy atom. The van der Waals surface area contributed by atoms with Gasteiger partial charge in [-0.3, -0.25) is 4.79 Å². The first kappa shape index (κ1) is 13.0. The third kappa shape index (κ3) is 4.21. The highest BCUT2D eigenvalue weighted by atomic mass is 35.5. The molecular weight excluding hydrogens is 224 g/mol. The van der Waals surface area contributed by atoms with E-state index in [9.17, 15) is 4.79 Å². The molecule has 1 rings (SSSR count). The molecule has 0 saturated heterocycles. The van der Waals surface area contributed by atoms with E-state index in [1.165, 1.54) is 0 Å². The van der Waals surface area contributed by atoms with Gasteiger partial charge >= 0.3 is 0 Å². The third-order valence-corrected chi connectivity index (χ3v) is 2.56. The number of rotatable bonds is 5. The molecule has 1 amide bonds. The van der Waals surface area contributed by atoms with Crippen molar-refractivity contribution in [1.29, 1.82) is 0 Å². The molecular formula is C12H17ClN2O. The van der Waals surface area contributed by atoms with Crippen molar-refractivity contribution >= 4 is 17.5 Å². The van der Waals surface area contributed by atoms with Crippen LogP contribution in [0.2, 0.25) is 5.02 Å². The summed E-state index contributed by atoms with van der Waals surface area (Å²) in [5.74, 6) is 0.0170. The zero-order valence-corrected chi connectivity index (χ0v) is 10.3. The number of nitrogens with one attached hydrogen (secondary N) is 2. The fourth-order valence-corrected chi connectivity index (χ4v) is 1.50. The summed E-state index contributed by atoms with van der Waals surface area (Å²) in [5, 5.41) is 6.61. The smallest absolute Gasteiger partial charge is 0.233 e. The topological polar surface area (TPSA) is 41.1 Å². The predicted octanol–water partition coefficient (Wildman–Crippen LogP) is 2.13. The van der Waals surface area contributed by atoms with Crippen LogP contribution >= 0.6 is 11.6 Å². The number of hydrogen-bond donors (Lipinski definition) is 2. The van der Waals surface area contributed by atoms with E-state index in [1.807, 2.05) is 38.1 Å². The quantitative estimate of drug-likeness (QED) is 0.828. The molecule has 1 atom stereocenters. The largest absolute Gasteiger partial charge is 0.355 e. The van der Waals surface area contributed by atoms with Gasteiger partial charge in [0.05, 0.1) is 6.54 Å². The minimum Gasteiger partial charge on any atom is -0.355 e. The van der Waals surface area contributed by atoms with Crippen molar-refractivity contribution in [2.24, 2.45) is 0 Å². The van der Waals surface area contributed by atoms with Crippen LogP contribution in [0.3, 0.4) is 0 Å². The lowest BCUT2D eigenvalue weighted by Crippen LogP contribution is -2.34. The molecule has 0 radical (unpaired) electrons. The van der Waals surface area contributed by atoms with E-state index in [2.05, 4.69) is 10.6 Å². The van der Waals surface area contributed by atoms with E-state index in [-0.39, 0.29) is 11.9 Å². The Bertz CT molecular complexity index is 337. The van der Waals surface area contributed by atoms with E-state index in [1.54, 1.807) is 0 Å². The molecule has 2 N–H and O–H groups in total. The number of benzene rings is 1. The lowest BCUT2D eigenvalue weighted by Gasteiger charge is -2.13. The number of halogens is 1. The third-order valence-electron chi connectivity index (χ3n) is 2.31. The molecule has 3 nitrogen and oxygen atoms in total. The second-order valence-corrected chi connectivity index (χ2v) is 4.04. The van der Waals surface area contributed by atoms with E-state index in [0.29, 0.717) is 13.1 Å². The van der Waals surface area contributed by atoms with Gasteiger partial charge in [-0.2, -0.15) is 0 Å². The first-order valence-corrected chi connectivity index (χ1v) is 5.76. The van der Waals surface area contributed by atoms with Gasteiger partial charge in [0.15, 0.2) is 0 Å². The van der Waals surface area contributed by atoms with Gasteiger partial charge in [0, 0.05) is 17.6 Å². The maximum atomic E-state index is 11.2. The molecule has 0 heterocycles. The highest BCUT2D eigenvalue weighted by Gasteiger charge is 2.06. The number of amides is 1. The van der Waals surface area contributed by atoms with Crippen molar-refractivity contribution in [1.82, 2.24) is 10.6 Å². The SMILES string of the molecule is CCNC(=O)CN[C@@H](C)c1ccc(Cl)cc1. The predicted molar refractivity (Wildman–Crippen MR) is 66.6 cm³/mol.